The van der Waals surface area contributed by atoms with Gasteiger partial charge in [0.1, 0.15) is 6.04 Å². The Hall–Kier alpha value is -4.00. The maximum atomic E-state index is 13.7. The van der Waals surface area contributed by atoms with Crippen molar-refractivity contribution >= 4 is 52.2 Å². The molecule has 2 aromatic carbocycles. The summed E-state index contributed by atoms with van der Waals surface area (Å²) in [7, 11) is 0. The van der Waals surface area contributed by atoms with Crippen LogP contribution in [0, 0.1) is 33.3 Å². The fourth-order valence-corrected chi connectivity index (χ4v) is 5.46. The lowest BCUT2D eigenvalue weighted by Gasteiger charge is -2.32. The van der Waals surface area contributed by atoms with Crippen LogP contribution in [0.15, 0.2) is 66.4 Å². The number of fused-ring (bicyclic) bond motifs is 3. The molecule has 0 N–H and O–H groups in total. The molecule has 2 amide bonds. The van der Waals surface area contributed by atoms with Crippen LogP contribution in [0.4, 0.5) is 11.4 Å². The third kappa shape index (κ3) is 3.50. The second kappa shape index (κ2) is 8.34. The number of Topliss-reactive ketones (excluding diaryl/α,β-unsaturated/α-hetero) is 1. The van der Waals surface area contributed by atoms with Crippen LogP contribution in [-0.4, -0.2) is 39.5 Å². The Labute approximate surface area is 208 Å². The van der Waals surface area contributed by atoms with Gasteiger partial charge in [0.25, 0.3) is 5.69 Å². The molecule has 11 heteroatoms. The van der Waals surface area contributed by atoms with E-state index in [1.807, 2.05) is 6.07 Å². The zero-order valence-corrected chi connectivity index (χ0v) is 19.2. The summed E-state index contributed by atoms with van der Waals surface area (Å²) in [4.78, 5) is 54.1. The molecule has 35 heavy (non-hydrogen) atoms. The Morgan fingerprint density at radius 3 is 2.51 bits per heavy atom. The van der Waals surface area contributed by atoms with Crippen molar-refractivity contribution < 1.29 is 19.3 Å². The van der Waals surface area contributed by atoms with Gasteiger partial charge in [0.15, 0.2) is 5.78 Å². The third-order valence-electron chi connectivity index (χ3n) is 6.44. The minimum atomic E-state index is -1.12. The highest BCUT2D eigenvalue weighted by Crippen LogP contribution is 2.48. The fourth-order valence-electron chi connectivity index (χ4n) is 4.96. The van der Waals surface area contributed by atoms with Crippen molar-refractivity contribution in [1.29, 1.82) is 5.26 Å². The zero-order chi connectivity index (χ0) is 25.0. The van der Waals surface area contributed by atoms with Crippen LogP contribution in [0.3, 0.4) is 0 Å². The number of rotatable bonds is 4. The van der Waals surface area contributed by atoms with Gasteiger partial charge in [-0.25, -0.2) is 4.90 Å². The summed E-state index contributed by atoms with van der Waals surface area (Å²) in [5.41, 5.74) is 0.197. The van der Waals surface area contributed by atoms with Crippen molar-refractivity contribution in [3.05, 3.63) is 92.1 Å². The van der Waals surface area contributed by atoms with Crippen molar-refractivity contribution in [1.82, 2.24) is 4.90 Å². The molecule has 3 heterocycles. The highest BCUT2D eigenvalue weighted by Gasteiger charge is 2.63. The van der Waals surface area contributed by atoms with E-state index in [0.717, 1.165) is 11.0 Å². The minimum Gasteiger partial charge on any atom is -0.359 e. The first-order valence-corrected chi connectivity index (χ1v) is 11.2. The van der Waals surface area contributed by atoms with Gasteiger partial charge in [-0.05, 0) is 30.4 Å². The van der Waals surface area contributed by atoms with Crippen LogP contribution < -0.4 is 4.90 Å². The molecule has 0 saturated carbocycles. The quantitative estimate of drug-likeness (QED) is 0.265. The maximum absolute atomic E-state index is 13.7. The Morgan fingerprint density at radius 2 is 1.83 bits per heavy atom. The van der Waals surface area contributed by atoms with Gasteiger partial charge in [0.2, 0.25) is 11.8 Å². The average Bonchev–Trinajstić information content (AvgIpc) is 3.31. The number of hydrogen-bond acceptors (Lipinski definition) is 7. The second-order valence-electron chi connectivity index (χ2n) is 8.26. The van der Waals surface area contributed by atoms with Gasteiger partial charge >= 0.3 is 0 Å². The van der Waals surface area contributed by atoms with Gasteiger partial charge < -0.3 is 4.90 Å². The summed E-state index contributed by atoms with van der Waals surface area (Å²) in [5, 5.41) is 21.0. The summed E-state index contributed by atoms with van der Waals surface area (Å²) in [6, 6.07) is 9.73. The van der Waals surface area contributed by atoms with Crippen LogP contribution in [0.1, 0.15) is 10.4 Å². The summed E-state index contributed by atoms with van der Waals surface area (Å²) in [6.07, 6.45) is 4.56. The molecule has 9 nitrogen and oxygen atoms in total. The summed E-state index contributed by atoms with van der Waals surface area (Å²) < 4.78 is 0. The SMILES string of the molecule is N#CC1=C[C@@H]2[C@H]3C(=O)N(c4ccc(Cl)cc4Cl)C(=O)[C@H]3[C@H](C(=O)c3cccc([N+](=O)[O-])c3)N2C=C1. The minimum absolute atomic E-state index is 0.0373. The lowest BCUT2D eigenvalue weighted by atomic mass is 9.86. The molecule has 3 aliphatic rings. The Morgan fingerprint density at radius 1 is 1.09 bits per heavy atom. The highest BCUT2D eigenvalue weighted by molar-refractivity contribution is 6.38. The van der Waals surface area contributed by atoms with Crippen molar-refractivity contribution in [3.63, 3.8) is 0 Å². The molecule has 3 aliphatic heterocycles. The second-order valence-corrected chi connectivity index (χ2v) is 9.11. The number of carbonyl (C=O) groups excluding carboxylic acids is 3. The van der Waals surface area contributed by atoms with Gasteiger partial charge in [-0.3, -0.25) is 24.5 Å². The molecule has 0 bridgehead atoms. The largest absolute Gasteiger partial charge is 0.359 e. The Bertz CT molecular complexity index is 1430. The van der Waals surface area contributed by atoms with E-state index in [0.29, 0.717) is 5.02 Å². The van der Waals surface area contributed by atoms with Crippen LogP contribution in [-0.2, 0) is 9.59 Å². The Balaban J connectivity index is 1.62. The van der Waals surface area contributed by atoms with E-state index < -0.39 is 46.4 Å². The number of carbonyl (C=O) groups is 3. The average molecular weight is 509 g/mol. The summed E-state index contributed by atoms with van der Waals surface area (Å²) in [6.45, 7) is 0. The molecule has 2 fully saturated rings. The normalized spacial score (nSPS) is 24.7. The van der Waals surface area contributed by atoms with E-state index >= 15 is 0 Å². The number of nitro benzene ring substituents is 1. The van der Waals surface area contributed by atoms with Gasteiger partial charge in [0, 0.05) is 28.9 Å². The van der Waals surface area contributed by atoms with E-state index in [4.69, 9.17) is 23.2 Å². The van der Waals surface area contributed by atoms with E-state index in [2.05, 4.69) is 0 Å². The first-order valence-electron chi connectivity index (χ1n) is 10.4. The lowest BCUT2D eigenvalue weighted by molar-refractivity contribution is -0.384. The molecular formula is C24H14Cl2N4O5. The smallest absolute Gasteiger partial charge is 0.270 e. The predicted molar refractivity (Wildman–Crippen MR) is 126 cm³/mol. The number of imide groups is 1. The molecule has 0 unspecified atom stereocenters. The molecule has 0 radical (unpaired) electrons. The van der Waals surface area contributed by atoms with E-state index in [9.17, 15) is 29.8 Å². The fraction of sp³-hybridized carbons (Fsp3) is 0.167. The molecule has 174 valence electrons. The topological polar surface area (TPSA) is 125 Å². The van der Waals surface area contributed by atoms with Crippen molar-refractivity contribution in [2.75, 3.05) is 4.90 Å². The molecule has 0 aromatic heterocycles. The highest BCUT2D eigenvalue weighted by atomic mass is 35.5. The third-order valence-corrected chi connectivity index (χ3v) is 6.98. The number of nitriles is 1. The van der Waals surface area contributed by atoms with Gasteiger partial charge in [-0.2, -0.15) is 5.26 Å². The van der Waals surface area contributed by atoms with Gasteiger partial charge in [-0.1, -0.05) is 35.3 Å². The number of halogens is 2. The van der Waals surface area contributed by atoms with Crippen molar-refractivity contribution in [2.24, 2.45) is 11.8 Å². The number of nitro groups is 1. The zero-order valence-electron chi connectivity index (χ0n) is 17.7. The molecule has 2 saturated heterocycles. The number of non-ortho nitro benzene ring substituents is 1. The van der Waals surface area contributed by atoms with Crippen molar-refractivity contribution in [2.45, 2.75) is 12.1 Å². The number of ketones is 1. The number of allylic oxidation sites excluding steroid dienone is 2. The first-order chi connectivity index (χ1) is 16.7. The molecule has 0 spiro atoms. The van der Waals surface area contributed by atoms with Crippen LogP contribution in [0.25, 0.3) is 0 Å². The lowest BCUT2D eigenvalue weighted by Crippen LogP contribution is -2.46. The van der Waals surface area contributed by atoms with Gasteiger partial charge in [-0.15, -0.1) is 0 Å². The van der Waals surface area contributed by atoms with Crippen LogP contribution in [0.2, 0.25) is 10.0 Å². The van der Waals surface area contributed by atoms with Crippen LogP contribution >= 0.6 is 23.2 Å². The molecule has 0 aliphatic carbocycles. The first kappa shape index (κ1) is 22.8. The van der Waals surface area contributed by atoms with E-state index in [1.165, 1.54) is 48.7 Å². The molecular weight excluding hydrogens is 495 g/mol. The molecule has 4 atom stereocenters. The van der Waals surface area contributed by atoms with Gasteiger partial charge in [0.05, 0.1) is 45.2 Å². The van der Waals surface area contributed by atoms with E-state index in [1.54, 1.807) is 11.0 Å². The Kier molecular flexibility index (Phi) is 5.43. The number of benzene rings is 2. The van der Waals surface area contributed by atoms with E-state index in [-0.39, 0.29) is 27.5 Å². The predicted octanol–water partition coefficient (Wildman–Crippen LogP) is 3.92. The number of nitrogens with zero attached hydrogens (tertiary/aromatic N) is 4. The number of anilines is 1. The maximum Gasteiger partial charge on any atom is 0.270 e. The summed E-state index contributed by atoms with van der Waals surface area (Å²) in [5.74, 6) is -3.78. The number of hydrogen-bond donors (Lipinski definition) is 0. The monoisotopic (exact) mass is 508 g/mol. The van der Waals surface area contributed by atoms with Crippen molar-refractivity contribution in [3.8, 4) is 6.07 Å². The van der Waals surface area contributed by atoms with Crippen LogP contribution in [0.5, 0.6) is 0 Å². The number of amides is 2. The molecule has 5 rings (SSSR count). The standard InChI is InChI=1S/C24H14Cl2N4O5/c25-14-4-5-17(16(26)10-14)29-23(32)19-18-8-12(11-27)6-7-28(18)21(20(19)24(29)33)22(31)13-2-1-3-15(9-13)30(34)35/h1-10,18-21H/t18-,19-,20-,21-/m1/s1. The summed E-state index contributed by atoms with van der Waals surface area (Å²) >= 11 is 12.2. The molecule has 2 aromatic rings.